The summed E-state index contributed by atoms with van der Waals surface area (Å²) < 4.78 is 0.875. The number of nitrogen functional groups attached to an aromatic ring is 1. The average Bonchev–Trinajstić information content (AvgIpc) is 2.45. The molecular weight excluding hydrogens is 332 g/mol. The van der Waals surface area contributed by atoms with E-state index in [1.807, 2.05) is 26.0 Å². The lowest BCUT2D eigenvalue weighted by molar-refractivity contribution is 0.0991. The minimum atomic E-state index is -0.140. The monoisotopic (exact) mass is 348 g/mol. The minimum absolute atomic E-state index is 0.140. The summed E-state index contributed by atoms with van der Waals surface area (Å²) in [6.07, 6.45) is 0.651. The molecule has 0 atom stereocenters. The molecule has 0 radical (unpaired) electrons. The van der Waals surface area contributed by atoms with Gasteiger partial charge in [0.2, 0.25) is 0 Å². The Balaban J connectivity index is 2.41. The zero-order valence-corrected chi connectivity index (χ0v) is 13.8. The summed E-state index contributed by atoms with van der Waals surface area (Å²) in [6, 6.07) is 7.20. The number of halogens is 1. The molecule has 0 saturated heterocycles. The van der Waals surface area contributed by atoms with E-state index in [1.54, 1.807) is 19.2 Å². The summed E-state index contributed by atoms with van der Waals surface area (Å²) in [5.41, 5.74) is 9.16. The first-order valence-corrected chi connectivity index (χ1v) is 7.39. The van der Waals surface area contributed by atoms with Crippen LogP contribution in [0.3, 0.4) is 0 Å². The predicted molar refractivity (Wildman–Crippen MR) is 87.4 cm³/mol. The summed E-state index contributed by atoms with van der Waals surface area (Å²) in [5, 5.41) is 8.10. The van der Waals surface area contributed by atoms with Crippen LogP contribution in [0.1, 0.15) is 28.7 Å². The van der Waals surface area contributed by atoms with Crippen LogP contribution in [0.25, 0.3) is 0 Å². The second kappa shape index (κ2) is 6.22. The highest BCUT2D eigenvalue weighted by Crippen LogP contribution is 2.27. The van der Waals surface area contributed by atoms with Gasteiger partial charge in [-0.05, 0) is 37.6 Å². The second-order valence-electron chi connectivity index (χ2n) is 4.77. The fraction of sp³-hybridized carbons (Fsp3) is 0.267. The van der Waals surface area contributed by atoms with Gasteiger partial charge in [0.25, 0.3) is 5.91 Å². The van der Waals surface area contributed by atoms with Gasteiger partial charge in [0.05, 0.1) is 28.3 Å². The van der Waals surface area contributed by atoms with Gasteiger partial charge in [-0.3, -0.25) is 4.79 Å². The molecule has 2 N–H and O–H groups in total. The normalized spacial score (nSPS) is 10.5. The molecule has 1 amide bonds. The number of amides is 1. The zero-order valence-electron chi connectivity index (χ0n) is 12.2. The molecule has 110 valence electrons. The standard InChI is InChI=1S/C15H17BrN4O/c1-4-13-11(7-9(2)18-19-13)15(21)20(3)14-6-5-10(16)8-12(14)17/h5-8H,4,17H2,1-3H3. The van der Waals surface area contributed by atoms with Crippen LogP contribution in [-0.2, 0) is 6.42 Å². The van der Waals surface area contributed by atoms with Crippen LogP contribution in [0.4, 0.5) is 11.4 Å². The molecule has 0 spiro atoms. The van der Waals surface area contributed by atoms with E-state index in [0.29, 0.717) is 34.7 Å². The number of carbonyl (C=O) groups is 1. The molecule has 0 bridgehead atoms. The van der Waals surface area contributed by atoms with Gasteiger partial charge >= 0.3 is 0 Å². The average molecular weight is 349 g/mol. The van der Waals surface area contributed by atoms with Crippen molar-refractivity contribution in [2.45, 2.75) is 20.3 Å². The van der Waals surface area contributed by atoms with Gasteiger partial charge in [-0.15, -0.1) is 0 Å². The number of nitrogens with two attached hydrogens (primary N) is 1. The molecule has 0 aliphatic carbocycles. The molecule has 5 nitrogen and oxygen atoms in total. The first-order chi connectivity index (χ1) is 9.93. The third-order valence-corrected chi connectivity index (χ3v) is 3.71. The molecule has 2 rings (SSSR count). The lowest BCUT2D eigenvalue weighted by atomic mass is 10.1. The molecule has 1 aromatic heterocycles. The Hall–Kier alpha value is -1.95. The number of nitrogens with zero attached hydrogens (tertiary/aromatic N) is 3. The number of anilines is 2. The van der Waals surface area contributed by atoms with Gasteiger partial charge in [0.1, 0.15) is 0 Å². The van der Waals surface area contributed by atoms with Crippen LogP contribution >= 0.6 is 15.9 Å². The maximum Gasteiger partial charge on any atom is 0.260 e. The Bertz CT molecular complexity index is 687. The SMILES string of the molecule is CCc1nnc(C)cc1C(=O)N(C)c1ccc(Br)cc1N. The van der Waals surface area contributed by atoms with E-state index < -0.39 is 0 Å². The van der Waals surface area contributed by atoms with Crippen molar-refractivity contribution in [2.75, 3.05) is 17.7 Å². The highest BCUT2D eigenvalue weighted by Gasteiger charge is 2.19. The summed E-state index contributed by atoms with van der Waals surface area (Å²) >= 11 is 3.36. The van der Waals surface area contributed by atoms with Crippen molar-refractivity contribution in [1.29, 1.82) is 0 Å². The molecule has 21 heavy (non-hydrogen) atoms. The lowest BCUT2D eigenvalue weighted by Gasteiger charge is -2.20. The van der Waals surface area contributed by atoms with Crippen molar-refractivity contribution >= 4 is 33.2 Å². The number of aryl methyl sites for hydroxylation is 2. The van der Waals surface area contributed by atoms with E-state index in [9.17, 15) is 4.79 Å². The quantitative estimate of drug-likeness (QED) is 0.865. The first-order valence-electron chi connectivity index (χ1n) is 6.60. The van der Waals surface area contributed by atoms with E-state index in [4.69, 9.17) is 5.73 Å². The molecular formula is C15H17BrN4O. The van der Waals surface area contributed by atoms with E-state index >= 15 is 0 Å². The first kappa shape index (κ1) is 15.4. The van der Waals surface area contributed by atoms with E-state index in [1.165, 1.54) is 4.90 Å². The van der Waals surface area contributed by atoms with Gasteiger partial charge in [-0.2, -0.15) is 10.2 Å². The smallest absolute Gasteiger partial charge is 0.260 e. The van der Waals surface area contributed by atoms with Crippen LogP contribution in [0, 0.1) is 6.92 Å². The molecule has 2 aromatic rings. The third kappa shape index (κ3) is 3.21. The van der Waals surface area contributed by atoms with Gasteiger partial charge in [-0.1, -0.05) is 22.9 Å². The maximum atomic E-state index is 12.7. The highest BCUT2D eigenvalue weighted by molar-refractivity contribution is 9.10. The van der Waals surface area contributed by atoms with Crippen molar-refractivity contribution in [2.24, 2.45) is 0 Å². The van der Waals surface area contributed by atoms with Gasteiger partial charge in [-0.25, -0.2) is 0 Å². The van der Waals surface area contributed by atoms with Crippen molar-refractivity contribution < 1.29 is 4.79 Å². The fourth-order valence-electron chi connectivity index (χ4n) is 2.08. The van der Waals surface area contributed by atoms with Crippen molar-refractivity contribution in [3.63, 3.8) is 0 Å². The van der Waals surface area contributed by atoms with E-state index in [2.05, 4.69) is 26.1 Å². The van der Waals surface area contributed by atoms with Crippen molar-refractivity contribution in [1.82, 2.24) is 10.2 Å². The molecule has 0 saturated carbocycles. The molecule has 1 aromatic carbocycles. The second-order valence-corrected chi connectivity index (χ2v) is 5.68. The molecule has 1 heterocycles. The van der Waals surface area contributed by atoms with Crippen LogP contribution in [-0.4, -0.2) is 23.2 Å². The maximum absolute atomic E-state index is 12.7. The number of aromatic nitrogens is 2. The van der Waals surface area contributed by atoms with Gasteiger partial charge in [0, 0.05) is 11.5 Å². The van der Waals surface area contributed by atoms with Crippen LogP contribution < -0.4 is 10.6 Å². The Labute approximate surface area is 132 Å². The summed E-state index contributed by atoms with van der Waals surface area (Å²) in [5.74, 6) is -0.140. The number of carbonyl (C=O) groups excluding carboxylic acids is 1. The van der Waals surface area contributed by atoms with Crippen LogP contribution in [0.15, 0.2) is 28.7 Å². The summed E-state index contributed by atoms with van der Waals surface area (Å²) in [6.45, 7) is 3.77. The minimum Gasteiger partial charge on any atom is -0.397 e. The molecule has 6 heteroatoms. The number of benzene rings is 1. The van der Waals surface area contributed by atoms with Crippen LogP contribution in [0.5, 0.6) is 0 Å². The fourth-order valence-corrected chi connectivity index (χ4v) is 2.46. The number of hydrogen-bond acceptors (Lipinski definition) is 4. The number of hydrogen-bond donors (Lipinski definition) is 1. The largest absolute Gasteiger partial charge is 0.397 e. The zero-order chi connectivity index (χ0) is 15.6. The predicted octanol–water partition coefficient (Wildman–Crippen LogP) is 2.97. The molecule has 0 unspecified atom stereocenters. The summed E-state index contributed by atoms with van der Waals surface area (Å²) in [7, 11) is 1.71. The molecule has 0 fully saturated rings. The van der Waals surface area contributed by atoms with Crippen molar-refractivity contribution in [3.8, 4) is 0 Å². The van der Waals surface area contributed by atoms with Crippen LogP contribution in [0.2, 0.25) is 0 Å². The summed E-state index contributed by atoms with van der Waals surface area (Å²) in [4.78, 5) is 14.2. The third-order valence-electron chi connectivity index (χ3n) is 3.21. The Kier molecular flexibility index (Phi) is 4.57. The van der Waals surface area contributed by atoms with E-state index in [0.717, 1.165) is 4.47 Å². The number of rotatable bonds is 3. The Morgan fingerprint density at radius 3 is 2.67 bits per heavy atom. The Morgan fingerprint density at radius 2 is 2.05 bits per heavy atom. The highest BCUT2D eigenvalue weighted by atomic mass is 79.9. The molecule has 0 aliphatic heterocycles. The topological polar surface area (TPSA) is 72.1 Å². The molecule has 0 aliphatic rings. The Morgan fingerprint density at radius 1 is 1.33 bits per heavy atom. The van der Waals surface area contributed by atoms with Crippen molar-refractivity contribution in [3.05, 3.63) is 45.7 Å². The van der Waals surface area contributed by atoms with E-state index in [-0.39, 0.29) is 5.91 Å². The lowest BCUT2D eigenvalue weighted by Crippen LogP contribution is -2.28. The van der Waals surface area contributed by atoms with Gasteiger partial charge < -0.3 is 10.6 Å². The van der Waals surface area contributed by atoms with Gasteiger partial charge in [0.15, 0.2) is 0 Å².